The number of hydrogen-bond donors (Lipinski definition) is 0. The van der Waals surface area contributed by atoms with Gasteiger partial charge < -0.3 is 0 Å². The van der Waals surface area contributed by atoms with Gasteiger partial charge in [0.2, 0.25) is 0 Å². The number of hydrogen-bond acceptors (Lipinski definition) is 1. The van der Waals surface area contributed by atoms with E-state index in [-0.39, 0.29) is 0 Å². The Morgan fingerprint density at radius 1 is 1.08 bits per heavy atom. The second-order valence-corrected chi connectivity index (χ2v) is 3.95. The first kappa shape index (κ1) is 9.76. The van der Waals surface area contributed by atoms with Gasteiger partial charge in [-0.2, -0.15) is 0 Å². The maximum atomic E-state index is 11.7. The minimum Gasteiger partial charge on any atom is -0.299 e. The maximum Gasteiger partial charge on any atom is 0.139 e. The van der Waals surface area contributed by atoms with Crippen LogP contribution in [-0.2, 0) is 4.79 Å². The summed E-state index contributed by atoms with van der Waals surface area (Å²) in [7, 11) is 0. The Labute approximate surface area is 75.5 Å². The molecule has 1 aliphatic rings. The fourth-order valence-corrected chi connectivity index (χ4v) is 2.29. The van der Waals surface area contributed by atoms with Crippen LogP contribution in [0.4, 0.5) is 0 Å². The molecule has 1 aliphatic carbocycles. The lowest BCUT2D eigenvalue weighted by Crippen LogP contribution is -2.13. The second kappa shape index (κ2) is 4.64. The van der Waals surface area contributed by atoms with E-state index >= 15 is 0 Å². The lowest BCUT2D eigenvalue weighted by Gasteiger charge is -2.07. The summed E-state index contributed by atoms with van der Waals surface area (Å²) in [4.78, 5) is 11.7. The molecule has 1 saturated carbocycles. The SMILES string of the molecule is CCCC1CCC(CCC)C1=O. The molecule has 1 fully saturated rings. The maximum absolute atomic E-state index is 11.7. The first-order chi connectivity index (χ1) is 5.79. The van der Waals surface area contributed by atoms with E-state index in [4.69, 9.17) is 0 Å². The highest BCUT2D eigenvalue weighted by atomic mass is 16.1. The third-order valence-corrected chi connectivity index (χ3v) is 2.94. The van der Waals surface area contributed by atoms with Gasteiger partial charge in [0.25, 0.3) is 0 Å². The average molecular weight is 168 g/mol. The molecule has 0 spiro atoms. The molecule has 2 unspecified atom stereocenters. The van der Waals surface area contributed by atoms with Gasteiger partial charge in [-0.3, -0.25) is 4.79 Å². The van der Waals surface area contributed by atoms with Crippen molar-refractivity contribution in [3.63, 3.8) is 0 Å². The van der Waals surface area contributed by atoms with Crippen molar-refractivity contribution in [2.24, 2.45) is 11.8 Å². The zero-order valence-corrected chi connectivity index (χ0v) is 8.31. The zero-order chi connectivity index (χ0) is 8.97. The van der Waals surface area contributed by atoms with Crippen molar-refractivity contribution in [1.82, 2.24) is 0 Å². The summed E-state index contributed by atoms with van der Waals surface area (Å²) in [6.07, 6.45) is 6.90. The standard InChI is InChI=1S/C11H20O/c1-3-5-9-7-8-10(6-4-2)11(9)12/h9-10H,3-8H2,1-2H3. The van der Waals surface area contributed by atoms with E-state index in [1.807, 2.05) is 0 Å². The van der Waals surface area contributed by atoms with E-state index < -0.39 is 0 Å². The summed E-state index contributed by atoms with van der Waals surface area (Å²) in [5.41, 5.74) is 0. The molecule has 2 atom stereocenters. The average Bonchev–Trinajstić information content (AvgIpc) is 2.38. The van der Waals surface area contributed by atoms with Crippen molar-refractivity contribution >= 4 is 5.78 Å². The molecule has 0 aromatic carbocycles. The largest absolute Gasteiger partial charge is 0.299 e. The van der Waals surface area contributed by atoms with Crippen molar-refractivity contribution in [2.75, 3.05) is 0 Å². The number of rotatable bonds is 4. The second-order valence-electron chi connectivity index (χ2n) is 3.95. The molecule has 1 nitrogen and oxygen atoms in total. The van der Waals surface area contributed by atoms with Crippen LogP contribution in [0.2, 0.25) is 0 Å². The van der Waals surface area contributed by atoms with Gasteiger partial charge in [-0.1, -0.05) is 26.7 Å². The van der Waals surface area contributed by atoms with Gasteiger partial charge in [-0.15, -0.1) is 0 Å². The van der Waals surface area contributed by atoms with Crippen molar-refractivity contribution in [1.29, 1.82) is 0 Å². The van der Waals surface area contributed by atoms with Gasteiger partial charge in [0, 0.05) is 11.8 Å². The predicted octanol–water partition coefficient (Wildman–Crippen LogP) is 3.18. The van der Waals surface area contributed by atoms with Gasteiger partial charge in [-0.05, 0) is 25.7 Å². The van der Waals surface area contributed by atoms with Gasteiger partial charge in [0.15, 0.2) is 0 Å². The molecule has 12 heavy (non-hydrogen) atoms. The summed E-state index contributed by atoms with van der Waals surface area (Å²) in [6, 6.07) is 0. The van der Waals surface area contributed by atoms with Crippen molar-refractivity contribution in [2.45, 2.75) is 52.4 Å². The van der Waals surface area contributed by atoms with Crippen LogP contribution in [0.25, 0.3) is 0 Å². The van der Waals surface area contributed by atoms with Crippen LogP contribution in [0.1, 0.15) is 52.4 Å². The first-order valence-electron chi connectivity index (χ1n) is 5.33. The normalized spacial score (nSPS) is 29.7. The van der Waals surface area contributed by atoms with Gasteiger partial charge in [-0.25, -0.2) is 0 Å². The molecular weight excluding hydrogens is 148 g/mol. The van der Waals surface area contributed by atoms with E-state index in [2.05, 4.69) is 13.8 Å². The number of carbonyl (C=O) groups is 1. The Morgan fingerprint density at radius 3 is 1.83 bits per heavy atom. The molecule has 1 rings (SSSR count). The van der Waals surface area contributed by atoms with Crippen LogP contribution in [0.15, 0.2) is 0 Å². The highest BCUT2D eigenvalue weighted by Gasteiger charge is 2.32. The van der Waals surface area contributed by atoms with E-state index in [0.29, 0.717) is 17.6 Å². The summed E-state index contributed by atoms with van der Waals surface area (Å²) in [5.74, 6) is 1.41. The fraction of sp³-hybridized carbons (Fsp3) is 0.909. The monoisotopic (exact) mass is 168 g/mol. The molecule has 0 aliphatic heterocycles. The molecular formula is C11H20O. The van der Waals surface area contributed by atoms with Crippen LogP contribution in [0.3, 0.4) is 0 Å². The fourth-order valence-electron chi connectivity index (χ4n) is 2.29. The Kier molecular flexibility index (Phi) is 3.77. The Balaban J connectivity index is 2.38. The first-order valence-corrected chi connectivity index (χ1v) is 5.33. The Bertz CT molecular complexity index is 135. The lowest BCUT2D eigenvalue weighted by molar-refractivity contribution is -0.124. The summed E-state index contributed by atoms with van der Waals surface area (Å²) < 4.78 is 0. The topological polar surface area (TPSA) is 17.1 Å². The quantitative estimate of drug-likeness (QED) is 0.630. The Morgan fingerprint density at radius 2 is 1.50 bits per heavy atom. The van der Waals surface area contributed by atoms with Crippen LogP contribution >= 0.6 is 0 Å². The number of carbonyl (C=O) groups excluding carboxylic acids is 1. The molecule has 0 saturated heterocycles. The van der Waals surface area contributed by atoms with Gasteiger partial charge >= 0.3 is 0 Å². The van der Waals surface area contributed by atoms with Crippen LogP contribution in [0, 0.1) is 11.8 Å². The van der Waals surface area contributed by atoms with Gasteiger partial charge in [0.1, 0.15) is 5.78 Å². The summed E-state index contributed by atoms with van der Waals surface area (Å²) in [5, 5.41) is 0. The molecule has 0 amide bonds. The smallest absolute Gasteiger partial charge is 0.139 e. The lowest BCUT2D eigenvalue weighted by atomic mass is 9.96. The minimum absolute atomic E-state index is 0.423. The third kappa shape index (κ3) is 2.09. The molecule has 0 radical (unpaired) electrons. The zero-order valence-electron chi connectivity index (χ0n) is 8.31. The molecule has 0 N–H and O–H groups in total. The molecule has 1 heteroatoms. The highest BCUT2D eigenvalue weighted by Crippen LogP contribution is 2.32. The van der Waals surface area contributed by atoms with E-state index in [1.54, 1.807) is 0 Å². The predicted molar refractivity (Wildman–Crippen MR) is 51.0 cm³/mol. The molecule has 0 heterocycles. The van der Waals surface area contributed by atoms with Crippen molar-refractivity contribution in [3.05, 3.63) is 0 Å². The van der Waals surface area contributed by atoms with Crippen molar-refractivity contribution < 1.29 is 4.79 Å². The molecule has 0 bridgehead atoms. The van der Waals surface area contributed by atoms with E-state index in [9.17, 15) is 4.79 Å². The van der Waals surface area contributed by atoms with Crippen LogP contribution < -0.4 is 0 Å². The van der Waals surface area contributed by atoms with Gasteiger partial charge in [0.05, 0.1) is 0 Å². The minimum atomic E-state index is 0.423. The van der Waals surface area contributed by atoms with E-state index in [0.717, 1.165) is 38.5 Å². The third-order valence-electron chi connectivity index (χ3n) is 2.94. The summed E-state index contributed by atoms with van der Waals surface area (Å²) in [6.45, 7) is 4.33. The van der Waals surface area contributed by atoms with Crippen molar-refractivity contribution in [3.8, 4) is 0 Å². The van der Waals surface area contributed by atoms with E-state index in [1.165, 1.54) is 0 Å². The van der Waals surface area contributed by atoms with Crippen LogP contribution in [-0.4, -0.2) is 5.78 Å². The highest BCUT2D eigenvalue weighted by molar-refractivity contribution is 5.85. The Hall–Kier alpha value is -0.330. The molecule has 70 valence electrons. The number of ketones is 1. The number of Topliss-reactive ketones (excluding diaryl/α,β-unsaturated/α-hetero) is 1. The molecule has 0 aromatic rings. The summed E-state index contributed by atoms with van der Waals surface area (Å²) >= 11 is 0. The van der Waals surface area contributed by atoms with Crippen LogP contribution in [0.5, 0.6) is 0 Å². The molecule has 0 aromatic heterocycles.